The summed E-state index contributed by atoms with van der Waals surface area (Å²) < 4.78 is 0. The third-order valence-electron chi connectivity index (χ3n) is 2.52. The van der Waals surface area contributed by atoms with Crippen LogP contribution in [0, 0.1) is 0 Å². The molecule has 0 aromatic heterocycles. The van der Waals surface area contributed by atoms with Crippen LogP contribution in [-0.4, -0.2) is 42.9 Å². The molecule has 0 aromatic carbocycles. The van der Waals surface area contributed by atoms with Crippen molar-refractivity contribution in [3.63, 3.8) is 0 Å². The molecule has 1 fully saturated rings. The van der Waals surface area contributed by atoms with Gasteiger partial charge in [0.15, 0.2) is 0 Å². The normalized spacial score (nSPS) is 18.1. The van der Waals surface area contributed by atoms with Crippen LogP contribution in [0.1, 0.15) is 25.7 Å². The minimum Gasteiger partial charge on any atom is -0.355 e. The van der Waals surface area contributed by atoms with E-state index in [2.05, 4.69) is 10.2 Å². The number of nitrogens with zero attached hydrogens (tertiary/aromatic N) is 1. The fourth-order valence-corrected chi connectivity index (χ4v) is 1.88. The Hall–Kier alpha value is -0.280. The van der Waals surface area contributed by atoms with E-state index in [9.17, 15) is 4.79 Å². The van der Waals surface area contributed by atoms with Gasteiger partial charge in [0.05, 0.1) is 0 Å². The Morgan fingerprint density at radius 2 is 2.00 bits per heavy atom. The third-order valence-corrected chi connectivity index (χ3v) is 2.71. The molecule has 4 heteroatoms. The lowest BCUT2D eigenvalue weighted by atomic mass is 10.1. The Morgan fingerprint density at radius 3 is 2.64 bits per heavy atom. The van der Waals surface area contributed by atoms with Crippen molar-refractivity contribution in [1.29, 1.82) is 0 Å². The van der Waals surface area contributed by atoms with Crippen molar-refractivity contribution in [2.75, 3.05) is 32.1 Å². The zero-order chi connectivity index (χ0) is 10.2. The van der Waals surface area contributed by atoms with E-state index in [4.69, 9.17) is 11.6 Å². The number of hydrogen-bond acceptors (Lipinski definition) is 2. The number of carbonyl (C=O) groups is 1. The molecule has 1 aliphatic rings. The summed E-state index contributed by atoms with van der Waals surface area (Å²) in [4.78, 5) is 13.5. The first kappa shape index (κ1) is 11.8. The van der Waals surface area contributed by atoms with Crippen molar-refractivity contribution in [2.24, 2.45) is 0 Å². The van der Waals surface area contributed by atoms with Gasteiger partial charge in [0.1, 0.15) is 0 Å². The molecule has 0 bridgehead atoms. The van der Waals surface area contributed by atoms with Gasteiger partial charge in [-0.15, -0.1) is 11.6 Å². The molecule has 1 amide bonds. The molecule has 1 heterocycles. The van der Waals surface area contributed by atoms with Gasteiger partial charge in [0, 0.05) is 25.4 Å². The molecule has 82 valence electrons. The van der Waals surface area contributed by atoms with Crippen LogP contribution in [0.25, 0.3) is 0 Å². The van der Waals surface area contributed by atoms with Crippen LogP contribution in [0.5, 0.6) is 0 Å². The smallest absolute Gasteiger partial charge is 0.221 e. The van der Waals surface area contributed by atoms with Crippen LogP contribution < -0.4 is 5.32 Å². The van der Waals surface area contributed by atoms with Crippen LogP contribution in [0.15, 0.2) is 0 Å². The van der Waals surface area contributed by atoms with Crippen LogP contribution >= 0.6 is 11.6 Å². The zero-order valence-electron chi connectivity index (χ0n) is 8.60. The number of piperidine rings is 1. The molecule has 1 N–H and O–H groups in total. The minimum absolute atomic E-state index is 0.0667. The van der Waals surface area contributed by atoms with Gasteiger partial charge >= 0.3 is 0 Å². The van der Waals surface area contributed by atoms with E-state index >= 15 is 0 Å². The summed E-state index contributed by atoms with van der Waals surface area (Å²) in [5.74, 6) is 0.479. The molecule has 0 spiro atoms. The van der Waals surface area contributed by atoms with E-state index in [0.717, 1.165) is 13.1 Å². The van der Waals surface area contributed by atoms with Crippen LogP contribution in [0.4, 0.5) is 0 Å². The molecule has 1 aliphatic heterocycles. The van der Waals surface area contributed by atoms with E-state index in [0.29, 0.717) is 12.3 Å². The summed E-state index contributed by atoms with van der Waals surface area (Å²) in [6.07, 6.45) is 4.39. The lowest BCUT2D eigenvalue weighted by Crippen LogP contribution is -2.37. The molecular weight excluding hydrogens is 200 g/mol. The molecule has 0 saturated carbocycles. The van der Waals surface area contributed by atoms with Crippen molar-refractivity contribution in [2.45, 2.75) is 25.7 Å². The van der Waals surface area contributed by atoms with Gasteiger partial charge in [0.25, 0.3) is 0 Å². The highest BCUT2D eigenvalue weighted by molar-refractivity contribution is 6.18. The molecule has 1 rings (SSSR count). The summed E-state index contributed by atoms with van der Waals surface area (Å²) in [6.45, 7) is 4.11. The number of rotatable bonds is 5. The number of halogens is 1. The topological polar surface area (TPSA) is 32.3 Å². The van der Waals surface area contributed by atoms with Crippen molar-refractivity contribution in [1.82, 2.24) is 10.2 Å². The van der Waals surface area contributed by atoms with Gasteiger partial charge in [0.2, 0.25) is 5.91 Å². The fourth-order valence-electron chi connectivity index (χ4n) is 1.71. The summed E-state index contributed by atoms with van der Waals surface area (Å²) in [5.41, 5.74) is 0. The molecule has 0 unspecified atom stereocenters. The maximum absolute atomic E-state index is 11.1. The molecule has 1 saturated heterocycles. The summed E-state index contributed by atoms with van der Waals surface area (Å²) in [6, 6.07) is 0. The van der Waals surface area contributed by atoms with Crippen molar-refractivity contribution in [3.05, 3.63) is 0 Å². The van der Waals surface area contributed by atoms with E-state index in [1.807, 2.05) is 0 Å². The molecule has 0 aliphatic carbocycles. The second-order valence-electron chi connectivity index (χ2n) is 3.69. The Labute approximate surface area is 90.8 Å². The molecule has 0 atom stereocenters. The number of carbonyl (C=O) groups excluding carboxylic acids is 1. The monoisotopic (exact) mass is 218 g/mol. The number of nitrogens with one attached hydrogen (secondary N) is 1. The van der Waals surface area contributed by atoms with Crippen LogP contribution in [0.2, 0.25) is 0 Å². The quantitative estimate of drug-likeness (QED) is 0.704. The highest BCUT2D eigenvalue weighted by Gasteiger charge is 2.09. The maximum Gasteiger partial charge on any atom is 0.221 e. The lowest BCUT2D eigenvalue weighted by molar-refractivity contribution is -0.120. The second-order valence-corrected chi connectivity index (χ2v) is 4.07. The second kappa shape index (κ2) is 7.07. The van der Waals surface area contributed by atoms with E-state index < -0.39 is 0 Å². The number of likely N-dealkylation sites (tertiary alicyclic amines) is 1. The average molecular weight is 219 g/mol. The first-order valence-corrected chi connectivity index (χ1v) is 5.91. The average Bonchev–Trinajstić information content (AvgIpc) is 2.20. The van der Waals surface area contributed by atoms with Gasteiger partial charge < -0.3 is 10.2 Å². The predicted octanol–water partition coefficient (Wildman–Crippen LogP) is 1.22. The van der Waals surface area contributed by atoms with Crippen LogP contribution in [-0.2, 0) is 4.79 Å². The van der Waals surface area contributed by atoms with Gasteiger partial charge in [-0.2, -0.15) is 0 Å². The summed E-state index contributed by atoms with van der Waals surface area (Å²) in [7, 11) is 0. The largest absolute Gasteiger partial charge is 0.355 e. The van der Waals surface area contributed by atoms with E-state index in [1.54, 1.807) is 0 Å². The predicted molar refractivity (Wildman–Crippen MR) is 58.6 cm³/mol. The van der Waals surface area contributed by atoms with Gasteiger partial charge in [-0.05, 0) is 25.9 Å². The van der Waals surface area contributed by atoms with Gasteiger partial charge in [-0.3, -0.25) is 4.79 Å². The first-order chi connectivity index (χ1) is 6.83. The van der Waals surface area contributed by atoms with E-state index in [1.165, 1.54) is 32.4 Å². The highest BCUT2D eigenvalue weighted by Crippen LogP contribution is 2.07. The Kier molecular flexibility index (Phi) is 5.96. The summed E-state index contributed by atoms with van der Waals surface area (Å²) >= 11 is 5.45. The molecule has 0 radical (unpaired) electrons. The Morgan fingerprint density at radius 1 is 1.29 bits per heavy atom. The minimum atomic E-state index is 0.0667. The molecule has 3 nitrogen and oxygen atoms in total. The maximum atomic E-state index is 11.1. The Bertz CT molecular complexity index is 170. The molecular formula is C10H19ClN2O. The lowest BCUT2D eigenvalue weighted by Gasteiger charge is -2.26. The number of hydrogen-bond donors (Lipinski definition) is 1. The van der Waals surface area contributed by atoms with Crippen molar-refractivity contribution in [3.8, 4) is 0 Å². The third kappa shape index (κ3) is 4.82. The Balaban J connectivity index is 1.99. The van der Waals surface area contributed by atoms with Gasteiger partial charge in [-0.1, -0.05) is 6.42 Å². The standard InChI is InChI=1S/C10H19ClN2O/c11-5-4-10(14)12-6-9-13-7-2-1-3-8-13/h1-9H2,(H,12,14). The SMILES string of the molecule is O=C(CCCl)NCCN1CCCCC1. The highest BCUT2D eigenvalue weighted by atomic mass is 35.5. The summed E-state index contributed by atoms with van der Waals surface area (Å²) in [5, 5.41) is 2.87. The first-order valence-electron chi connectivity index (χ1n) is 5.38. The van der Waals surface area contributed by atoms with Crippen molar-refractivity contribution >= 4 is 17.5 Å². The zero-order valence-corrected chi connectivity index (χ0v) is 9.35. The molecule has 14 heavy (non-hydrogen) atoms. The fraction of sp³-hybridized carbons (Fsp3) is 0.900. The van der Waals surface area contributed by atoms with Crippen molar-refractivity contribution < 1.29 is 4.79 Å². The van der Waals surface area contributed by atoms with Gasteiger partial charge in [-0.25, -0.2) is 0 Å². The number of alkyl halides is 1. The number of amides is 1. The van der Waals surface area contributed by atoms with Crippen LogP contribution in [0.3, 0.4) is 0 Å². The van der Waals surface area contributed by atoms with E-state index in [-0.39, 0.29) is 5.91 Å². The molecule has 0 aromatic rings.